The highest BCUT2D eigenvalue weighted by Gasteiger charge is 2.24. The third-order valence-electron chi connectivity index (χ3n) is 3.95. The molecular formula is C16H20N2O2. The molecule has 106 valence electrons. The van der Waals surface area contributed by atoms with Gasteiger partial charge in [0.05, 0.1) is 7.11 Å². The van der Waals surface area contributed by atoms with Crippen molar-refractivity contribution in [1.29, 1.82) is 0 Å². The van der Waals surface area contributed by atoms with Crippen LogP contribution in [-0.2, 0) is 0 Å². The fraction of sp³-hybridized carbons (Fsp3) is 0.438. The molecule has 1 aliphatic rings. The van der Waals surface area contributed by atoms with E-state index in [0.29, 0.717) is 5.88 Å². The molecule has 0 radical (unpaired) electrons. The molecule has 1 saturated carbocycles. The van der Waals surface area contributed by atoms with Crippen LogP contribution >= 0.6 is 0 Å². The predicted octanol–water partition coefficient (Wildman–Crippen LogP) is 2.89. The molecule has 20 heavy (non-hydrogen) atoms. The number of methoxy groups -OCH3 is 1. The number of aromatic nitrogens is 1. The Kier molecular flexibility index (Phi) is 3.74. The molecule has 0 saturated heterocycles. The number of hydrogen-bond donors (Lipinski definition) is 1. The van der Waals surface area contributed by atoms with Crippen LogP contribution in [0.3, 0.4) is 0 Å². The second kappa shape index (κ2) is 5.67. The van der Waals surface area contributed by atoms with Crippen LogP contribution in [0.5, 0.6) is 11.6 Å². The summed E-state index contributed by atoms with van der Waals surface area (Å²) in [6, 6.07) is 7.98. The van der Waals surface area contributed by atoms with E-state index in [1.165, 1.54) is 12.8 Å². The van der Waals surface area contributed by atoms with Crippen LogP contribution in [0.4, 0.5) is 0 Å². The van der Waals surface area contributed by atoms with E-state index < -0.39 is 0 Å². The Labute approximate surface area is 118 Å². The Hall–Kier alpha value is -1.81. The highest BCUT2D eigenvalue weighted by molar-refractivity contribution is 5.87. The monoisotopic (exact) mass is 272 g/mol. The minimum absolute atomic E-state index is 0.0731. The molecule has 4 heteroatoms. The van der Waals surface area contributed by atoms with Gasteiger partial charge < -0.3 is 15.2 Å². The molecule has 0 aliphatic heterocycles. The van der Waals surface area contributed by atoms with Crippen molar-refractivity contribution in [2.45, 2.75) is 37.8 Å². The summed E-state index contributed by atoms with van der Waals surface area (Å²) in [5.41, 5.74) is 6.14. The SMILES string of the molecule is COc1ccc2c(OC3CCCCC3N)nccc2c1. The van der Waals surface area contributed by atoms with E-state index in [2.05, 4.69) is 4.98 Å². The summed E-state index contributed by atoms with van der Waals surface area (Å²) in [7, 11) is 1.67. The second-order valence-electron chi connectivity index (χ2n) is 5.31. The molecule has 0 amide bonds. The van der Waals surface area contributed by atoms with Crippen LogP contribution in [0.15, 0.2) is 30.5 Å². The Morgan fingerprint density at radius 2 is 2.05 bits per heavy atom. The lowest BCUT2D eigenvalue weighted by atomic mass is 9.93. The Balaban J connectivity index is 1.91. The number of fused-ring (bicyclic) bond motifs is 1. The van der Waals surface area contributed by atoms with Gasteiger partial charge in [0.1, 0.15) is 11.9 Å². The third-order valence-corrected chi connectivity index (χ3v) is 3.95. The van der Waals surface area contributed by atoms with E-state index in [9.17, 15) is 0 Å². The van der Waals surface area contributed by atoms with Gasteiger partial charge in [0.2, 0.25) is 5.88 Å². The number of nitrogens with zero attached hydrogens (tertiary/aromatic N) is 1. The van der Waals surface area contributed by atoms with Crippen LogP contribution in [0.1, 0.15) is 25.7 Å². The summed E-state index contributed by atoms with van der Waals surface area (Å²) in [6.45, 7) is 0. The third kappa shape index (κ3) is 2.56. The molecule has 2 aromatic rings. The summed E-state index contributed by atoms with van der Waals surface area (Å²) in [6.07, 6.45) is 6.26. The quantitative estimate of drug-likeness (QED) is 0.933. The molecule has 1 fully saturated rings. The van der Waals surface area contributed by atoms with Gasteiger partial charge in [-0.25, -0.2) is 4.98 Å². The van der Waals surface area contributed by atoms with E-state index >= 15 is 0 Å². The van der Waals surface area contributed by atoms with Crippen LogP contribution in [0.25, 0.3) is 10.8 Å². The van der Waals surface area contributed by atoms with Crippen molar-refractivity contribution >= 4 is 10.8 Å². The van der Waals surface area contributed by atoms with Crippen molar-refractivity contribution in [1.82, 2.24) is 4.98 Å². The van der Waals surface area contributed by atoms with Gasteiger partial charge in [0, 0.05) is 17.6 Å². The fourth-order valence-corrected chi connectivity index (χ4v) is 2.76. The van der Waals surface area contributed by atoms with Gasteiger partial charge in [-0.15, -0.1) is 0 Å². The number of rotatable bonds is 3. The van der Waals surface area contributed by atoms with Crippen molar-refractivity contribution in [3.05, 3.63) is 30.5 Å². The summed E-state index contributed by atoms with van der Waals surface area (Å²) >= 11 is 0. The van der Waals surface area contributed by atoms with Crippen molar-refractivity contribution < 1.29 is 9.47 Å². The Bertz CT molecular complexity index is 600. The first-order valence-electron chi connectivity index (χ1n) is 7.13. The zero-order chi connectivity index (χ0) is 13.9. The summed E-state index contributed by atoms with van der Waals surface area (Å²) in [5, 5.41) is 2.07. The van der Waals surface area contributed by atoms with E-state index in [0.717, 1.165) is 29.4 Å². The topological polar surface area (TPSA) is 57.4 Å². The lowest BCUT2D eigenvalue weighted by Gasteiger charge is -2.28. The number of hydrogen-bond acceptors (Lipinski definition) is 4. The minimum Gasteiger partial charge on any atom is -0.497 e. The standard InChI is InChI=1S/C16H20N2O2/c1-19-12-6-7-13-11(10-12)8-9-18-16(13)20-15-5-3-2-4-14(15)17/h6-10,14-15H,2-5,17H2,1H3. The molecule has 2 N–H and O–H groups in total. The van der Waals surface area contributed by atoms with E-state index in [4.69, 9.17) is 15.2 Å². The fourth-order valence-electron chi connectivity index (χ4n) is 2.76. The molecule has 1 aromatic carbocycles. The normalized spacial score (nSPS) is 22.7. The van der Waals surface area contributed by atoms with Gasteiger partial charge in [-0.2, -0.15) is 0 Å². The maximum Gasteiger partial charge on any atom is 0.221 e. The van der Waals surface area contributed by atoms with Gasteiger partial charge in [0.15, 0.2) is 0 Å². The van der Waals surface area contributed by atoms with Gasteiger partial charge >= 0.3 is 0 Å². The summed E-state index contributed by atoms with van der Waals surface area (Å²) in [4.78, 5) is 4.37. The average Bonchev–Trinajstić information content (AvgIpc) is 2.49. The van der Waals surface area contributed by atoms with E-state index in [1.54, 1.807) is 13.3 Å². The van der Waals surface area contributed by atoms with Gasteiger partial charge in [-0.05, 0) is 48.9 Å². The Morgan fingerprint density at radius 3 is 2.85 bits per heavy atom. The largest absolute Gasteiger partial charge is 0.497 e. The maximum absolute atomic E-state index is 6.14. The van der Waals surface area contributed by atoms with E-state index in [1.807, 2.05) is 24.3 Å². The molecule has 0 bridgehead atoms. The van der Waals surface area contributed by atoms with Crippen molar-refractivity contribution in [2.24, 2.45) is 5.73 Å². The van der Waals surface area contributed by atoms with Gasteiger partial charge in [-0.3, -0.25) is 0 Å². The van der Waals surface area contributed by atoms with Crippen LogP contribution in [0, 0.1) is 0 Å². The summed E-state index contributed by atoms with van der Waals surface area (Å²) < 4.78 is 11.3. The van der Waals surface area contributed by atoms with Crippen LogP contribution < -0.4 is 15.2 Å². The molecule has 2 atom stereocenters. The molecule has 1 aliphatic carbocycles. The zero-order valence-electron chi connectivity index (χ0n) is 11.7. The molecule has 1 aromatic heterocycles. The molecular weight excluding hydrogens is 252 g/mol. The number of pyridine rings is 1. The van der Waals surface area contributed by atoms with E-state index in [-0.39, 0.29) is 12.1 Å². The average molecular weight is 272 g/mol. The smallest absolute Gasteiger partial charge is 0.221 e. The lowest BCUT2D eigenvalue weighted by molar-refractivity contribution is 0.129. The molecule has 4 nitrogen and oxygen atoms in total. The van der Waals surface area contributed by atoms with Crippen LogP contribution in [-0.4, -0.2) is 24.2 Å². The molecule has 0 spiro atoms. The first-order chi connectivity index (χ1) is 9.78. The number of benzene rings is 1. The highest BCUT2D eigenvalue weighted by atomic mass is 16.5. The zero-order valence-corrected chi connectivity index (χ0v) is 11.7. The number of nitrogens with two attached hydrogens (primary N) is 1. The maximum atomic E-state index is 6.14. The van der Waals surface area contributed by atoms with Crippen molar-refractivity contribution in [3.63, 3.8) is 0 Å². The number of ether oxygens (including phenoxy) is 2. The lowest BCUT2D eigenvalue weighted by Crippen LogP contribution is -2.41. The summed E-state index contributed by atoms with van der Waals surface area (Å²) in [5.74, 6) is 1.51. The molecule has 3 rings (SSSR count). The molecule has 2 unspecified atom stereocenters. The van der Waals surface area contributed by atoms with Crippen molar-refractivity contribution in [2.75, 3.05) is 7.11 Å². The van der Waals surface area contributed by atoms with Crippen molar-refractivity contribution in [3.8, 4) is 11.6 Å². The first-order valence-corrected chi connectivity index (χ1v) is 7.13. The first kappa shape index (κ1) is 13.2. The molecule has 1 heterocycles. The highest BCUT2D eigenvalue weighted by Crippen LogP contribution is 2.29. The van der Waals surface area contributed by atoms with Gasteiger partial charge in [-0.1, -0.05) is 6.42 Å². The predicted molar refractivity (Wildman–Crippen MR) is 79.2 cm³/mol. The van der Waals surface area contributed by atoms with Gasteiger partial charge in [0.25, 0.3) is 0 Å². The minimum atomic E-state index is 0.0731. The Morgan fingerprint density at radius 1 is 1.20 bits per heavy atom. The second-order valence-corrected chi connectivity index (χ2v) is 5.31. The van der Waals surface area contributed by atoms with Crippen LogP contribution in [0.2, 0.25) is 0 Å².